The molecule has 0 amide bonds. The number of hydrogen-bond donors (Lipinski definition) is 1. The highest BCUT2D eigenvalue weighted by Gasteiger charge is 1.99. The van der Waals surface area contributed by atoms with E-state index in [1.54, 1.807) is 17.7 Å². The van der Waals surface area contributed by atoms with Crippen molar-refractivity contribution in [3.63, 3.8) is 0 Å². The highest BCUT2D eigenvalue weighted by molar-refractivity contribution is 7.11. The van der Waals surface area contributed by atoms with E-state index in [1.165, 1.54) is 10.6 Å². The van der Waals surface area contributed by atoms with Crippen LogP contribution in [0.2, 0.25) is 0 Å². The molecule has 0 atom stereocenters. The zero-order chi connectivity index (χ0) is 9.10. The lowest BCUT2D eigenvalue weighted by atomic mass is 10.2. The van der Waals surface area contributed by atoms with Gasteiger partial charge in [-0.05, 0) is 19.8 Å². The number of imidazole rings is 1. The molecule has 0 aliphatic heterocycles. The van der Waals surface area contributed by atoms with E-state index >= 15 is 0 Å². The number of H-pyrrole nitrogens is 1. The molecule has 3 nitrogen and oxygen atoms in total. The van der Waals surface area contributed by atoms with E-state index in [0.29, 0.717) is 0 Å². The van der Waals surface area contributed by atoms with Gasteiger partial charge in [0.05, 0.1) is 11.3 Å². The minimum Gasteiger partial charge on any atom is -0.348 e. The Morgan fingerprint density at radius 2 is 2.31 bits per heavy atom. The molecule has 0 aliphatic carbocycles. The van der Waals surface area contributed by atoms with Crippen LogP contribution in [0.1, 0.15) is 15.6 Å². The fourth-order valence-corrected chi connectivity index (χ4v) is 1.99. The number of hydrogen-bond acceptors (Lipinski definition) is 3. The molecule has 0 spiro atoms. The third-order valence-corrected chi connectivity index (χ3v) is 2.84. The molecule has 13 heavy (non-hydrogen) atoms. The molecule has 2 aromatic rings. The predicted octanol–water partition coefficient (Wildman–Crippen LogP) is 1.96. The molecule has 0 bridgehead atoms. The van der Waals surface area contributed by atoms with Crippen LogP contribution in [0.4, 0.5) is 0 Å². The highest BCUT2D eigenvalue weighted by atomic mass is 32.1. The normalized spacial score (nSPS) is 10.5. The van der Waals surface area contributed by atoms with Crippen molar-refractivity contribution in [3.8, 4) is 0 Å². The number of aryl methyl sites for hydroxylation is 3. The van der Waals surface area contributed by atoms with Gasteiger partial charge in [-0.3, -0.25) is 0 Å². The van der Waals surface area contributed by atoms with E-state index in [0.717, 1.165) is 17.8 Å². The Morgan fingerprint density at radius 1 is 1.38 bits per heavy atom. The standard InChI is InChI=1S/C9H11N3S/c1-7-11-5-9(13-7)3-2-8-4-10-6-12-8/h4-6H,2-3H2,1H3,(H,10,12). The van der Waals surface area contributed by atoms with Crippen LogP contribution in [0.5, 0.6) is 0 Å². The van der Waals surface area contributed by atoms with Crippen LogP contribution in [0.25, 0.3) is 0 Å². The summed E-state index contributed by atoms with van der Waals surface area (Å²) in [5.74, 6) is 0. The summed E-state index contributed by atoms with van der Waals surface area (Å²) in [6.07, 6.45) is 7.60. The monoisotopic (exact) mass is 193 g/mol. The third-order valence-electron chi connectivity index (χ3n) is 1.86. The zero-order valence-electron chi connectivity index (χ0n) is 7.45. The lowest BCUT2D eigenvalue weighted by Gasteiger charge is -1.92. The van der Waals surface area contributed by atoms with Crippen LogP contribution in [-0.4, -0.2) is 15.0 Å². The van der Waals surface area contributed by atoms with Crippen molar-refractivity contribution in [2.75, 3.05) is 0 Å². The van der Waals surface area contributed by atoms with Gasteiger partial charge in [0.2, 0.25) is 0 Å². The lowest BCUT2D eigenvalue weighted by Crippen LogP contribution is -1.87. The molecule has 4 heteroatoms. The zero-order valence-corrected chi connectivity index (χ0v) is 8.27. The van der Waals surface area contributed by atoms with E-state index in [-0.39, 0.29) is 0 Å². The Kier molecular flexibility index (Phi) is 2.40. The molecular weight excluding hydrogens is 182 g/mol. The number of thiazole rings is 1. The number of nitrogens with one attached hydrogen (secondary N) is 1. The first kappa shape index (κ1) is 8.44. The van der Waals surface area contributed by atoms with Crippen LogP contribution >= 0.6 is 11.3 Å². The van der Waals surface area contributed by atoms with Gasteiger partial charge in [0.1, 0.15) is 0 Å². The van der Waals surface area contributed by atoms with Gasteiger partial charge in [0, 0.05) is 23.0 Å². The average Bonchev–Trinajstić information content (AvgIpc) is 2.71. The fraction of sp³-hybridized carbons (Fsp3) is 0.333. The van der Waals surface area contributed by atoms with Gasteiger partial charge in [-0.25, -0.2) is 9.97 Å². The van der Waals surface area contributed by atoms with Crippen LogP contribution in [0.3, 0.4) is 0 Å². The van der Waals surface area contributed by atoms with Crippen molar-refractivity contribution in [1.82, 2.24) is 15.0 Å². The molecule has 0 aliphatic rings. The quantitative estimate of drug-likeness (QED) is 0.809. The topological polar surface area (TPSA) is 41.6 Å². The first-order valence-electron chi connectivity index (χ1n) is 4.23. The maximum Gasteiger partial charge on any atom is 0.0921 e. The van der Waals surface area contributed by atoms with Crippen molar-refractivity contribution in [2.45, 2.75) is 19.8 Å². The first-order chi connectivity index (χ1) is 6.34. The minimum atomic E-state index is 1.02. The largest absolute Gasteiger partial charge is 0.348 e. The Labute approximate surface area is 80.9 Å². The third kappa shape index (κ3) is 2.15. The van der Waals surface area contributed by atoms with E-state index in [9.17, 15) is 0 Å². The molecule has 68 valence electrons. The Morgan fingerprint density at radius 3 is 2.92 bits per heavy atom. The number of aromatic amines is 1. The molecule has 0 saturated heterocycles. The van der Waals surface area contributed by atoms with E-state index in [1.807, 2.05) is 19.3 Å². The number of aromatic nitrogens is 3. The van der Waals surface area contributed by atoms with Gasteiger partial charge in [-0.1, -0.05) is 0 Å². The average molecular weight is 193 g/mol. The molecule has 0 unspecified atom stereocenters. The van der Waals surface area contributed by atoms with E-state index in [4.69, 9.17) is 0 Å². The van der Waals surface area contributed by atoms with Crippen molar-refractivity contribution >= 4 is 11.3 Å². The van der Waals surface area contributed by atoms with Gasteiger partial charge in [0.15, 0.2) is 0 Å². The SMILES string of the molecule is Cc1ncc(CCc2cnc[nH]2)s1. The second-order valence-corrected chi connectivity index (χ2v) is 4.24. The molecule has 0 fully saturated rings. The molecule has 2 aromatic heterocycles. The Bertz CT molecular complexity index is 364. The highest BCUT2D eigenvalue weighted by Crippen LogP contribution is 2.13. The molecule has 2 rings (SSSR count). The van der Waals surface area contributed by atoms with Crippen LogP contribution in [0.15, 0.2) is 18.7 Å². The predicted molar refractivity (Wildman–Crippen MR) is 52.8 cm³/mol. The maximum absolute atomic E-state index is 4.21. The number of nitrogens with zero attached hydrogens (tertiary/aromatic N) is 2. The molecule has 0 radical (unpaired) electrons. The van der Waals surface area contributed by atoms with Crippen molar-refractivity contribution in [1.29, 1.82) is 0 Å². The van der Waals surface area contributed by atoms with Crippen molar-refractivity contribution in [3.05, 3.63) is 34.3 Å². The first-order valence-corrected chi connectivity index (χ1v) is 5.05. The van der Waals surface area contributed by atoms with Crippen LogP contribution in [0, 0.1) is 6.92 Å². The lowest BCUT2D eigenvalue weighted by molar-refractivity contribution is 0.938. The molecule has 0 saturated carbocycles. The Balaban J connectivity index is 1.93. The molecular formula is C9H11N3S. The summed E-state index contributed by atoms with van der Waals surface area (Å²) in [7, 11) is 0. The smallest absolute Gasteiger partial charge is 0.0921 e. The summed E-state index contributed by atoms with van der Waals surface area (Å²) in [5, 5.41) is 1.14. The van der Waals surface area contributed by atoms with Crippen molar-refractivity contribution in [2.24, 2.45) is 0 Å². The summed E-state index contributed by atoms with van der Waals surface area (Å²) < 4.78 is 0. The van der Waals surface area contributed by atoms with E-state index < -0.39 is 0 Å². The van der Waals surface area contributed by atoms with Crippen LogP contribution < -0.4 is 0 Å². The fourth-order valence-electron chi connectivity index (χ4n) is 1.20. The Hall–Kier alpha value is -1.16. The van der Waals surface area contributed by atoms with Crippen molar-refractivity contribution < 1.29 is 0 Å². The summed E-state index contributed by atoms with van der Waals surface area (Å²) >= 11 is 1.76. The minimum absolute atomic E-state index is 1.02. The molecule has 0 aromatic carbocycles. The second kappa shape index (κ2) is 3.70. The van der Waals surface area contributed by atoms with Crippen LogP contribution in [-0.2, 0) is 12.8 Å². The second-order valence-electron chi connectivity index (χ2n) is 2.92. The van der Waals surface area contributed by atoms with Gasteiger partial charge in [-0.15, -0.1) is 11.3 Å². The molecule has 1 N–H and O–H groups in total. The van der Waals surface area contributed by atoms with Gasteiger partial charge < -0.3 is 4.98 Å². The summed E-state index contributed by atoms with van der Waals surface area (Å²) in [6, 6.07) is 0. The van der Waals surface area contributed by atoms with Gasteiger partial charge in [-0.2, -0.15) is 0 Å². The maximum atomic E-state index is 4.21. The summed E-state index contributed by atoms with van der Waals surface area (Å²) in [6.45, 7) is 2.03. The molecule has 2 heterocycles. The summed E-state index contributed by atoms with van der Waals surface area (Å²) in [5.41, 5.74) is 1.19. The van der Waals surface area contributed by atoms with E-state index in [2.05, 4.69) is 15.0 Å². The number of rotatable bonds is 3. The van der Waals surface area contributed by atoms with Gasteiger partial charge in [0.25, 0.3) is 0 Å². The summed E-state index contributed by atoms with van der Waals surface area (Å²) in [4.78, 5) is 12.6. The van der Waals surface area contributed by atoms with Gasteiger partial charge >= 0.3 is 0 Å².